The summed E-state index contributed by atoms with van der Waals surface area (Å²) in [5.41, 5.74) is 2.37. The van der Waals surface area contributed by atoms with Crippen molar-refractivity contribution in [2.45, 2.75) is 83.8 Å². The molecule has 1 fully saturated rings. The van der Waals surface area contributed by atoms with Crippen LogP contribution < -0.4 is 4.74 Å². The van der Waals surface area contributed by atoms with Crippen LogP contribution in [0.5, 0.6) is 5.75 Å². The molecule has 0 aromatic heterocycles. The van der Waals surface area contributed by atoms with Crippen LogP contribution in [0.2, 0.25) is 0 Å². The fraction of sp³-hybridized carbons (Fsp3) is 0.724. The number of benzene rings is 1. The summed E-state index contributed by atoms with van der Waals surface area (Å²) in [6.45, 7) is 4.35. The van der Waals surface area contributed by atoms with Gasteiger partial charge in [0, 0.05) is 13.5 Å². The van der Waals surface area contributed by atoms with E-state index in [1.165, 1.54) is 12.5 Å². The number of nitrogens with zero attached hydrogens (tertiary/aromatic N) is 1. The molecular formula is C29H45NO7. The van der Waals surface area contributed by atoms with Crippen LogP contribution >= 0.6 is 0 Å². The van der Waals surface area contributed by atoms with E-state index in [-0.39, 0.29) is 30.9 Å². The number of carbonyl (C=O) groups is 2. The van der Waals surface area contributed by atoms with Gasteiger partial charge >= 0.3 is 12.1 Å². The summed E-state index contributed by atoms with van der Waals surface area (Å²) in [5.74, 6) is 1.24. The van der Waals surface area contributed by atoms with Gasteiger partial charge in [0.05, 0.1) is 6.10 Å². The van der Waals surface area contributed by atoms with E-state index in [2.05, 4.69) is 13.0 Å². The molecule has 2 aliphatic rings. The Morgan fingerprint density at radius 1 is 1.14 bits per heavy atom. The molecule has 5 unspecified atom stereocenters. The highest BCUT2D eigenvalue weighted by Gasteiger charge is 2.47. The quantitative estimate of drug-likeness (QED) is 0.214. The molecular weight excluding hydrogens is 474 g/mol. The molecule has 3 rings (SSSR count). The molecule has 0 spiro atoms. The van der Waals surface area contributed by atoms with E-state index in [9.17, 15) is 14.7 Å². The van der Waals surface area contributed by atoms with Crippen LogP contribution in [0.3, 0.4) is 0 Å². The normalized spacial score (nSPS) is 23.2. The third kappa shape index (κ3) is 8.88. The summed E-state index contributed by atoms with van der Waals surface area (Å²) in [7, 11) is 3.86. The monoisotopic (exact) mass is 519 g/mol. The van der Waals surface area contributed by atoms with Gasteiger partial charge in [0.1, 0.15) is 18.5 Å². The summed E-state index contributed by atoms with van der Waals surface area (Å²) in [6.07, 6.45) is 6.95. The van der Waals surface area contributed by atoms with E-state index in [1.54, 1.807) is 0 Å². The van der Waals surface area contributed by atoms with Gasteiger partial charge in [0.15, 0.2) is 0 Å². The maximum Gasteiger partial charge on any atom is 0.508 e. The molecule has 1 saturated carbocycles. The topological polar surface area (TPSA) is 94.5 Å². The van der Waals surface area contributed by atoms with Gasteiger partial charge in [-0.1, -0.05) is 38.3 Å². The van der Waals surface area contributed by atoms with Crippen LogP contribution in [0.15, 0.2) is 18.2 Å². The number of fused-ring (bicyclic) bond motifs is 2. The lowest BCUT2D eigenvalue weighted by Crippen LogP contribution is -2.30. The van der Waals surface area contributed by atoms with Crippen molar-refractivity contribution in [1.29, 1.82) is 0 Å². The first-order chi connectivity index (χ1) is 17.8. The van der Waals surface area contributed by atoms with E-state index in [0.29, 0.717) is 31.4 Å². The first kappa shape index (κ1) is 29.2. The van der Waals surface area contributed by atoms with Gasteiger partial charge in [-0.25, -0.2) is 4.79 Å². The van der Waals surface area contributed by atoms with Crippen molar-refractivity contribution in [3.05, 3.63) is 29.3 Å². The fourth-order valence-electron chi connectivity index (χ4n) is 5.85. The van der Waals surface area contributed by atoms with Crippen LogP contribution in [0.25, 0.3) is 0 Å². The van der Waals surface area contributed by atoms with Crippen molar-refractivity contribution in [1.82, 2.24) is 4.90 Å². The van der Waals surface area contributed by atoms with Crippen molar-refractivity contribution in [2.24, 2.45) is 17.8 Å². The van der Waals surface area contributed by atoms with Crippen molar-refractivity contribution in [2.75, 3.05) is 34.0 Å². The molecule has 0 radical (unpaired) electrons. The molecule has 1 N–H and O–H groups in total. The summed E-state index contributed by atoms with van der Waals surface area (Å²) >= 11 is 0. The zero-order valence-electron chi connectivity index (χ0n) is 22.9. The van der Waals surface area contributed by atoms with Crippen LogP contribution in [0.4, 0.5) is 4.79 Å². The maximum absolute atomic E-state index is 12.5. The number of likely N-dealkylation sites (N-methyl/N-ethyl adjacent to an activating group) is 1. The maximum atomic E-state index is 12.5. The van der Waals surface area contributed by atoms with Gasteiger partial charge in [-0.3, -0.25) is 4.79 Å². The summed E-state index contributed by atoms with van der Waals surface area (Å²) in [4.78, 5) is 25.6. The minimum absolute atomic E-state index is 0.108. The highest BCUT2D eigenvalue weighted by molar-refractivity contribution is 5.65. The second kappa shape index (κ2) is 14.6. The fourth-order valence-corrected chi connectivity index (χ4v) is 5.85. The van der Waals surface area contributed by atoms with Crippen LogP contribution in [-0.4, -0.2) is 68.4 Å². The SMILES string of the molecule is CCCCCC(O)CCC1C(OC(=O)OCCN(C)C)CC2Cc3c(cccc3OCOC(C)=O)CC21. The Labute approximate surface area is 221 Å². The van der Waals surface area contributed by atoms with Gasteiger partial charge in [-0.2, -0.15) is 0 Å². The predicted octanol–water partition coefficient (Wildman–Crippen LogP) is 4.74. The first-order valence-corrected chi connectivity index (χ1v) is 13.8. The number of carbonyl (C=O) groups excluding carboxylic acids is 2. The molecule has 8 nitrogen and oxygen atoms in total. The molecule has 0 saturated heterocycles. The number of aliphatic hydroxyl groups is 1. The van der Waals surface area contributed by atoms with Crippen molar-refractivity contribution < 1.29 is 33.6 Å². The van der Waals surface area contributed by atoms with Crippen LogP contribution in [0.1, 0.15) is 69.9 Å². The third-order valence-electron chi connectivity index (χ3n) is 7.78. The van der Waals surface area contributed by atoms with Crippen molar-refractivity contribution in [3.63, 3.8) is 0 Å². The molecule has 5 atom stereocenters. The Balaban J connectivity index is 1.69. The minimum Gasteiger partial charge on any atom is -0.457 e. The summed E-state index contributed by atoms with van der Waals surface area (Å²) in [6, 6.07) is 6.02. The molecule has 37 heavy (non-hydrogen) atoms. The molecule has 208 valence electrons. The lowest BCUT2D eigenvalue weighted by atomic mass is 9.73. The number of unbranched alkanes of at least 4 members (excludes halogenated alkanes) is 2. The summed E-state index contributed by atoms with van der Waals surface area (Å²) in [5, 5.41) is 10.6. The second-order valence-corrected chi connectivity index (χ2v) is 10.8. The Morgan fingerprint density at radius 3 is 2.68 bits per heavy atom. The highest BCUT2D eigenvalue weighted by atomic mass is 16.7. The van der Waals surface area contributed by atoms with E-state index >= 15 is 0 Å². The number of hydrogen-bond donors (Lipinski definition) is 1. The zero-order valence-corrected chi connectivity index (χ0v) is 22.9. The number of esters is 1. The number of hydrogen-bond acceptors (Lipinski definition) is 8. The van der Waals surface area contributed by atoms with E-state index in [1.807, 2.05) is 31.1 Å². The standard InChI is InChI=1S/C29H45NO7/c1-5-6-7-10-23(32)12-13-24-25-16-21-9-8-11-27(36-19-35-20(2)31)26(21)17-22(25)18-28(24)37-29(33)34-15-14-30(3)4/h8-9,11,22-25,28,32H,5-7,10,12-19H2,1-4H3. The van der Waals surface area contributed by atoms with Gasteiger partial charge in [-0.15, -0.1) is 0 Å². The van der Waals surface area contributed by atoms with Gasteiger partial charge in [-0.05, 0) is 87.6 Å². The predicted molar refractivity (Wildman–Crippen MR) is 140 cm³/mol. The first-order valence-electron chi connectivity index (χ1n) is 13.8. The highest BCUT2D eigenvalue weighted by Crippen LogP contribution is 2.49. The average Bonchev–Trinajstić information content (AvgIpc) is 3.16. The Morgan fingerprint density at radius 2 is 1.95 bits per heavy atom. The van der Waals surface area contributed by atoms with Gasteiger partial charge < -0.3 is 29.0 Å². The Bertz CT molecular complexity index is 874. The van der Waals surface area contributed by atoms with Crippen LogP contribution in [-0.2, 0) is 31.8 Å². The summed E-state index contributed by atoms with van der Waals surface area (Å²) < 4.78 is 22.0. The van der Waals surface area contributed by atoms with Crippen molar-refractivity contribution in [3.8, 4) is 5.75 Å². The molecule has 0 aliphatic heterocycles. The molecule has 1 aromatic rings. The number of ether oxygens (including phenoxy) is 4. The lowest BCUT2D eigenvalue weighted by Gasteiger charge is -2.32. The molecule has 0 heterocycles. The van der Waals surface area contributed by atoms with E-state index in [4.69, 9.17) is 18.9 Å². The smallest absolute Gasteiger partial charge is 0.457 e. The number of rotatable bonds is 14. The average molecular weight is 520 g/mol. The van der Waals surface area contributed by atoms with E-state index < -0.39 is 6.16 Å². The Kier molecular flexibility index (Phi) is 11.5. The molecule has 8 heteroatoms. The molecule has 0 bridgehead atoms. The molecule has 1 aromatic carbocycles. The van der Waals surface area contributed by atoms with E-state index in [0.717, 1.165) is 62.7 Å². The second-order valence-electron chi connectivity index (χ2n) is 10.8. The van der Waals surface area contributed by atoms with Crippen LogP contribution in [0, 0.1) is 17.8 Å². The molecule has 2 aliphatic carbocycles. The van der Waals surface area contributed by atoms with Crippen molar-refractivity contribution >= 4 is 12.1 Å². The van der Waals surface area contributed by atoms with Gasteiger partial charge in [0.2, 0.25) is 6.79 Å². The molecule has 0 amide bonds. The van der Waals surface area contributed by atoms with Gasteiger partial charge in [0.25, 0.3) is 0 Å². The minimum atomic E-state index is -0.609. The Hall–Kier alpha value is -2.32. The largest absolute Gasteiger partial charge is 0.508 e. The third-order valence-corrected chi connectivity index (χ3v) is 7.78. The number of aliphatic hydroxyl groups excluding tert-OH is 1. The zero-order chi connectivity index (χ0) is 26.8. The lowest BCUT2D eigenvalue weighted by molar-refractivity contribution is -0.147.